The first kappa shape index (κ1) is 13.7. The van der Waals surface area contributed by atoms with Crippen LogP contribution in [0.25, 0.3) is 0 Å². The summed E-state index contributed by atoms with van der Waals surface area (Å²) in [6.07, 6.45) is 0.230. The zero-order chi connectivity index (χ0) is 13.5. The highest BCUT2D eigenvalue weighted by Crippen LogP contribution is 2.46. The van der Waals surface area contributed by atoms with Crippen LogP contribution in [0.1, 0.15) is 37.7 Å². The highest BCUT2D eigenvalue weighted by molar-refractivity contribution is 6.31. The first-order valence-electron chi connectivity index (χ1n) is 5.84. The van der Waals surface area contributed by atoms with Gasteiger partial charge in [-0.3, -0.25) is 0 Å². The highest BCUT2D eigenvalue weighted by Gasteiger charge is 2.42. The highest BCUT2D eigenvalue weighted by atomic mass is 35.5. The van der Waals surface area contributed by atoms with Crippen molar-refractivity contribution in [2.24, 2.45) is 5.92 Å². The molecule has 0 radical (unpaired) electrons. The first-order chi connectivity index (χ1) is 8.33. The molecule has 1 fully saturated rings. The van der Waals surface area contributed by atoms with E-state index >= 15 is 0 Å². The van der Waals surface area contributed by atoms with Crippen molar-refractivity contribution in [3.05, 3.63) is 34.4 Å². The second-order valence-corrected chi connectivity index (χ2v) is 5.28. The van der Waals surface area contributed by atoms with E-state index in [1.165, 1.54) is 13.0 Å². The van der Waals surface area contributed by atoms with Gasteiger partial charge >= 0.3 is 0 Å². The van der Waals surface area contributed by atoms with Gasteiger partial charge in [-0.2, -0.15) is 0 Å². The van der Waals surface area contributed by atoms with Crippen LogP contribution in [0.15, 0.2) is 12.1 Å². The van der Waals surface area contributed by atoms with Gasteiger partial charge in [0.05, 0.1) is 5.02 Å². The standard InChI is InChI=1S/C13H13ClF4/c1-7-6-8(4-5-13(7,17)18)9-2-3-10(15)12(16)11(9)14/h2-3,7-8H,4-6H2,1H3/t7-,8-/m1/s1. The molecule has 2 atom stereocenters. The van der Waals surface area contributed by atoms with Crippen molar-refractivity contribution in [1.29, 1.82) is 0 Å². The van der Waals surface area contributed by atoms with E-state index in [4.69, 9.17) is 11.6 Å². The van der Waals surface area contributed by atoms with E-state index in [1.54, 1.807) is 0 Å². The fourth-order valence-corrected chi connectivity index (χ4v) is 2.78. The molecular weight excluding hydrogens is 268 g/mol. The average Bonchev–Trinajstić information content (AvgIpc) is 2.30. The lowest BCUT2D eigenvalue weighted by Crippen LogP contribution is -2.32. The van der Waals surface area contributed by atoms with Crippen molar-refractivity contribution in [2.75, 3.05) is 0 Å². The molecule has 0 N–H and O–H groups in total. The lowest BCUT2D eigenvalue weighted by Gasteiger charge is -2.34. The molecule has 2 rings (SSSR count). The molecule has 1 aliphatic rings. The van der Waals surface area contributed by atoms with Crippen LogP contribution in [0.5, 0.6) is 0 Å². The molecule has 1 aromatic carbocycles. The summed E-state index contributed by atoms with van der Waals surface area (Å²) >= 11 is 5.75. The largest absolute Gasteiger partial charge is 0.250 e. The minimum absolute atomic E-state index is 0.234. The molecule has 18 heavy (non-hydrogen) atoms. The zero-order valence-electron chi connectivity index (χ0n) is 9.82. The van der Waals surface area contributed by atoms with Gasteiger partial charge in [0.25, 0.3) is 5.92 Å². The van der Waals surface area contributed by atoms with Crippen molar-refractivity contribution in [3.63, 3.8) is 0 Å². The third-order valence-corrected chi connectivity index (χ3v) is 4.07. The van der Waals surface area contributed by atoms with E-state index in [0.717, 1.165) is 6.07 Å². The number of rotatable bonds is 1. The van der Waals surface area contributed by atoms with Crippen molar-refractivity contribution < 1.29 is 17.6 Å². The Morgan fingerprint density at radius 2 is 1.94 bits per heavy atom. The third kappa shape index (κ3) is 2.35. The Kier molecular flexibility index (Phi) is 3.58. The van der Waals surface area contributed by atoms with Gasteiger partial charge in [-0.25, -0.2) is 17.6 Å². The molecular formula is C13H13ClF4. The molecule has 0 bridgehead atoms. The monoisotopic (exact) mass is 280 g/mol. The predicted octanol–water partition coefficient (Wildman–Crippen LogP) is 5.16. The van der Waals surface area contributed by atoms with Crippen molar-refractivity contribution in [3.8, 4) is 0 Å². The van der Waals surface area contributed by atoms with E-state index in [-0.39, 0.29) is 30.2 Å². The Bertz CT molecular complexity index is 459. The van der Waals surface area contributed by atoms with Crippen molar-refractivity contribution >= 4 is 11.6 Å². The quantitative estimate of drug-likeness (QED) is 0.492. The maximum absolute atomic E-state index is 13.4. The number of hydrogen-bond donors (Lipinski definition) is 0. The van der Waals surface area contributed by atoms with Gasteiger partial charge in [-0.05, 0) is 30.4 Å². The predicted molar refractivity (Wildman–Crippen MR) is 62.1 cm³/mol. The molecule has 1 aromatic rings. The average molecular weight is 281 g/mol. The fourth-order valence-electron chi connectivity index (χ4n) is 2.47. The summed E-state index contributed by atoms with van der Waals surface area (Å²) in [6.45, 7) is 1.47. The lowest BCUT2D eigenvalue weighted by molar-refractivity contribution is -0.0830. The van der Waals surface area contributed by atoms with Gasteiger partial charge < -0.3 is 0 Å². The smallest absolute Gasteiger partial charge is 0.207 e. The van der Waals surface area contributed by atoms with Crippen LogP contribution in [0.4, 0.5) is 17.6 Å². The van der Waals surface area contributed by atoms with Crippen LogP contribution >= 0.6 is 11.6 Å². The van der Waals surface area contributed by atoms with Crippen LogP contribution in [-0.2, 0) is 0 Å². The van der Waals surface area contributed by atoms with Gasteiger partial charge in [0, 0.05) is 12.3 Å². The number of hydrogen-bond acceptors (Lipinski definition) is 0. The number of halogens is 5. The molecule has 100 valence electrons. The second-order valence-electron chi connectivity index (χ2n) is 4.90. The molecule has 1 aliphatic carbocycles. The number of alkyl halides is 2. The van der Waals surface area contributed by atoms with Gasteiger partial charge in [0.15, 0.2) is 11.6 Å². The SMILES string of the molecule is C[C@@H]1C[C@H](c2ccc(F)c(F)c2Cl)CCC1(F)F. The fraction of sp³-hybridized carbons (Fsp3) is 0.538. The third-order valence-electron chi connectivity index (χ3n) is 3.69. The minimum atomic E-state index is -2.68. The van der Waals surface area contributed by atoms with Gasteiger partial charge in [-0.15, -0.1) is 0 Å². The molecule has 5 heteroatoms. The van der Waals surface area contributed by atoms with Crippen LogP contribution in [-0.4, -0.2) is 5.92 Å². The maximum Gasteiger partial charge on any atom is 0.250 e. The molecule has 0 heterocycles. The van der Waals surface area contributed by atoms with E-state index in [1.807, 2.05) is 0 Å². The topological polar surface area (TPSA) is 0 Å². The van der Waals surface area contributed by atoms with Crippen LogP contribution in [0.2, 0.25) is 5.02 Å². The Hall–Kier alpha value is -0.770. The zero-order valence-corrected chi connectivity index (χ0v) is 10.6. The first-order valence-corrected chi connectivity index (χ1v) is 6.22. The molecule has 0 nitrogen and oxygen atoms in total. The lowest BCUT2D eigenvalue weighted by atomic mass is 9.76. The summed E-state index contributed by atoms with van der Waals surface area (Å²) in [4.78, 5) is 0. The second kappa shape index (κ2) is 4.72. The van der Waals surface area contributed by atoms with Crippen LogP contribution < -0.4 is 0 Å². The molecule has 0 aliphatic heterocycles. The summed E-state index contributed by atoms with van der Waals surface area (Å²) in [6, 6.07) is 2.38. The summed E-state index contributed by atoms with van der Waals surface area (Å²) in [5, 5.41) is -0.280. The van der Waals surface area contributed by atoms with Gasteiger partial charge in [0.2, 0.25) is 0 Å². The molecule has 0 unspecified atom stereocenters. The van der Waals surface area contributed by atoms with E-state index in [9.17, 15) is 17.6 Å². The molecule has 0 saturated heterocycles. The normalized spacial score (nSPS) is 27.2. The summed E-state index contributed by atoms with van der Waals surface area (Å²) in [7, 11) is 0. The van der Waals surface area contributed by atoms with Crippen LogP contribution in [0, 0.1) is 17.6 Å². The minimum Gasteiger partial charge on any atom is -0.207 e. The molecule has 0 spiro atoms. The van der Waals surface area contributed by atoms with E-state index in [2.05, 4.69) is 0 Å². The summed E-state index contributed by atoms with van der Waals surface area (Å²) in [5.74, 6) is -5.80. The van der Waals surface area contributed by atoms with Crippen molar-refractivity contribution in [2.45, 2.75) is 38.0 Å². The van der Waals surface area contributed by atoms with E-state index in [0.29, 0.717) is 5.56 Å². The van der Waals surface area contributed by atoms with Crippen molar-refractivity contribution in [1.82, 2.24) is 0 Å². The Morgan fingerprint density at radius 1 is 1.28 bits per heavy atom. The summed E-state index contributed by atoms with van der Waals surface area (Å²) in [5.41, 5.74) is 0.429. The Labute approximate surface area is 108 Å². The van der Waals surface area contributed by atoms with Gasteiger partial charge in [-0.1, -0.05) is 24.6 Å². The van der Waals surface area contributed by atoms with Crippen LogP contribution in [0.3, 0.4) is 0 Å². The number of benzene rings is 1. The van der Waals surface area contributed by atoms with Gasteiger partial charge in [0.1, 0.15) is 0 Å². The maximum atomic E-state index is 13.4. The van der Waals surface area contributed by atoms with E-state index < -0.39 is 23.5 Å². The molecule has 0 amide bonds. The molecule has 0 aromatic heterocycles. The molecule has 1 saturated carbocycles. The Morgan fingerprint density at radius 3 is 2.56 bits per heavy atom. The summed E-state index contributed by atoms with van der Waals surface area (Å²) < 4.78 is 53.0. The Balaban J connectivity index is 2.27.